The van der Waals surface area contributed by atoms with Gasteiger partial charge in [0, 0.05) is 11.9 Å². The van der Waals surface area contributed by atoms with Crippen LogP contribution in [0.5, 0.6) is 0 Å². The van der Waals surface area contributed by atoms with Crippen LogP contribution >= 0.6 is 11.8 Å². The molecule has 1 N–H and O–H groups in total. The molecular formula is C15H11F3N2OS. The van der Waals surface area contributed by atoms with Gasteiger partial charge in [0.15, 0.2) is 0 Å². The van der Waals surface area contributed by atoms with Crippen molar-refractivity contribution >= 4 is 11.8 Å². The van der Waals surface area contributed by atoms with Crippen molar-refractivity contribution in [3.63, 3.8) is 0 Å². The second kappa shape index (κ2) is 6.81. The van der Waals surface area contributed by atoms with Crippen LogP contribution in [0.3, 0.4) is 0 Å². The second-order valence-electron chi connectivity index (χ2n) is 4.44. The van der Waals surface area contributed by atoms with Crippen molar-refractivity contribution in [1.82, 2.24) is 4.98 Å². The summed E-state index contributed by atoms with van der Waals surface area (Å²) in [5.41, 5.74) is 0.330. The number of nitriles is 1. The largest absolute Gasteiger partial charge is 0.417 e. The van der Waals surface area contributed by atoms with Gasteiger partial charge in [-0.05, 0) is 29.8 Å². The molecule has 0 radical (unpaired) electrons. The van der Waals surface area contributed by atoms with E-state index >= 15 is 0 Å². The maximum absolute atomic E-state index is 12.4. The number of benzene rings is 1. The van der Waals surface area contributed by atoms with Crippen LogP contribution < -0.4 is 0 Å². The first-order valence-electron chi connectivity index (χ1n) is 6.24. The quantitative estimate of drug-likeness (QED) is 0.869. The molecule has 2 rings (SSSR count). The standard InChI is InChI=1S/C15H11F3N2OS/c16-15(17,18)12-5-6-14(20-8-12)22-9-13(21)11-3-1-10(7-19)2-4-11/h1-6,8,13,21H,9H2. The molecule has 2 aromatic rings. The molecule has 0 aliphatic rings. The Bertz CT molecular complexity index is 663. The molecule has 0 spiro atoms. The third-order valence-corrected chi connectivity index (χ3v) is 3.90. The second-order valence-corrected chi connectivity index (χ2v) is 5.48. The van der Waals surface area contributed by atoms with Crippen LogP contribution in [-0.4, -0.2) is 15.8 Å². The van der Waals surface area contributed by atoms with Gasteiger partial charge < -0.3 is 5.11 Å². The molecule has 0 fully saturated rings. The van der Waals surface area contributed by atoms with Gasteiger partial charge in [-0.15, -0.1) is 11.8 Å². The van der Waals surface area contributed by atoms with Crippen LogP contribution in [0.1, 0.15) is 22.8 Å². The fourth-order valence-electron chi connectivity index (χ4n) is 1.67. The zero-order chi connectivity index (χ0) is 16.2. The number of halogens is 3. The van der Waals surface area contributed by atoms with Crippen LogP contribution in [0.2, 0.25) is 0 Å². The molecule has 0 amide bonds. The van der Waals surface area contributed by atoms with Crippen LogP contribution in [0.25, 0.3) is 0 Å². The molecule has 3 nitrogen and oxygen atoms in total. The molecule has 1 aromatic heterocycles. The summed E-state index contributed by atoms with van der Waals surface area (Å²) in [6.07, 6.45) is -4.42. The first kappa shape index (κ1) is 16.3. The van der Waals surface area contributed by atoms with Crippen molar-refractivity contribution in [2.45, 2.75) is 17.3 Å². The zero-order valence-electron chi connectivity index (χ0n) is 11.2. The summed E-state index contributed by atoms with van der Waals surface area (Å²) in [4.78, 5) is 3.73. The van der Waals surface area contributed by atoms with Crippen molar-refractivity contribution in [1.29, 1.82) is 5.26 Å². The number of rotatable bonds is 4. The minimum absolute atomic E-state index is 0.254. The number of aliphatic hydroxyl groups is 1. The summed E-state index contributed by atoms with van der Waals surface area (Å²) < 4.78 is 37.2. The van der Waals surface area contributed by atoms with E-state index in [0.29, 0.717) is 16.2 Å². The first-order valence-corrected chi connectivity index (χ1v) is 7.23. The highest BCUT2D eigenvalue weighted by Crippen LogP contribution is 2.30. The molecule has 1 atom stereocenters. The fourth-order valence-corrected chi connectivity index (χ4v) is 2.49. The lowest BCUT2D eigenvalue weighted by Gasteiger charge is -2.11. The summed E-state index contributed by atoms with van der Waals surface area (Å²) in [7, 11) is 0. The van der Waals surface area contributed by atoms with Gasteiger partial charge in [-0.1, -0.05) is 12.1 Å². The number of nitrogens with zero attached hydrogens (tertiary/aromatic N) is 2. The fraction of sp³-hybridized carbons (Fsp3) is 0.200. The Labute approximate surface area is 129 Å². The predicted molar refractivity (Wildman–Crippen MR) is 76.1 cm³/mol. The van der Waals surface area contributed by atoms with Crippen LogP contribution in [0, 0.1) is 11.3 Å². The van der Waals surface area contributed by atoms with Crippen LogP contribution in [0.4, 0.5) is 13.2 Å². The number of hydrogen-bond acceptors (Lipinski definition) is 4. The molecular weight excluding hydrogens is 313 g/mol. The Morgan fingerprint density at radius 3 is 2.36 bits per heavy atom. The average Bonchev–Trinajstić information content (AvgIpc) is 2.52. The first-order chi connectivity index (χ1) is 10.4. The van der Waals surface area contributed by atoms with E-state index in [1.54, 1.807) is 24.3 Å². The van der Waals surface area contributed by atoms with Gasteiger partial charge in [0.1, 0.15) is 0 Å². The molecule has 114 valence electrons. The Kier molecular flexibility index (Phi) is 5.06. The molecule has 0 saturated heterocycles. The summed E-state index contributed by atoms with van der Waals surface area (Å²) >= 11 is 1.16. The van der Waals surface area contributed by atoms with E-state index in [-0.39, 0.29) is 5.75 Å². The van der Waals surface area contributed by atoms with E-state index in [0.717, 1.165) is 24.0 Å². The van der Waals surface area contributed by atoms with Gasteiger partial charge in [-0.3, -0.25) is 0 Å². The topological polar surface area (TPSA) is 56.9 Å². The zero-order valence-corrected chi connectivity index (χ0v) is 12.0. The van der Waals surface area contributed by atoms with Gasteiger partial charge in [0.25, 0.3) is 0 Å². The molecule has 7 heteroatoms. The maximum atomic E-state index is 12.4. The van der Waals surface area contributed by atoms with Gasteiger partial charge in [0.05, 0.1) is 28.3 Å². The third kappa shape index (κ3) is 4.23. The number of hydrogen-bond donors (Lipinski definition) is 1. The maximum Gasteiger partial charge on any atom is 0.417 e. The number of alkyl halides is 3. The van der Waals surface area contributed by atoms with E-state index in [1.807, 2.05) is 6.07 Å². The van der Waals surface area contributed by atoms with E-state index in [1.165, 1.54) is 6.07 Å². The number of pyridine rings is 1. The lowest BCUT2D eigenvalue weighted by Crippen LogP contribution is -2.05. The van der Waals surface area contributed by atoms with E-state index in [9.17, 15) is 18.3 Å². The van der Waals surface area contributed by atoms with Gasteiger partial charge in [-0.25, -0.2) is 4.98 Å². The number of thioether (sulfide) groups is 1. The SMILES string of the molecule is N#Cc1ccc(C(O)CSc2ccc(C(F)(F)F)cn2)cc1. The summed E-state index contributed by atoms with van der Waals surface area (Å²) in [6, 6.07) is 10.7. The van der Waals surface area contributed by atoms with Crippen molar-refractivity contribution in [3.05, 3.63) is 59.3 Å². The Morgan fingerprint density at radius 1 is 1.18 bits per heavy atom. The molecule has 0 aliphatic heterocycles. The molecule has 0 aliphatic carbocycles. The molecule has 1 heterocycles. The van der Waals surface area contributed by atoms with Crippen molar-refractivity contribution in [3.8, 4) is 6.07 Å². The normalized spacial score (nSPS) is 12.7. The molecule has 0 bridgehead atoms. The highest BCUT2D eigenvalue weighted by molar-refractivity contribution is 7.99. The average molecular weight is 324 g/mol. The van der Waals surface area contributed by atoms with Gasteiger partial charge in [-0.2, -0.15) is 18.4 Å². The van der Waals surface area contributed by atoms with Gasteiger partial charge >= 0.3 is 6.18 Å². The summed E-state index contributed by atoms with van der Waals surface area (Å²) in [5, 5.41) is 19.1. The molecule has 1 aromatic carbocycles. The summed E-state index contributed by atoms with van der Waals surface area (Å²) in [6.45, 7) is 0. The highest BCUT2D eigenvalue weighted by atomic mass is 32.2. The Balaban J connectivity index is 1.95. The van der Waals surface area contributed by atoms with Crippen LogP contribution in [0.15, 0.2) is 47.6 Å². The van der Waals surface area contributed by atoms with Crippen molar-refractivity contribution < 1.29 is 18.3 Å². The molecule has 0 saturated carbocycles. The molecule has 1 unspecified atom stereocenters. The number of aliphatic hydroxyl groups excluding tert-OH is 1. The van der Waals surface area contributed by atoms with Crippen molar-refractivity contribution in [2.24, 2.45) is 0 Å². The Morgan fingerprint density at radius 2 is 1.86 bits per heavy atom. The van der Waals surface area contributed by atoms with E-state index in [2.05, 4.69) is 4.98 Å². The number of aromatic nitrogens is 1. The highest BCUT2D eigenvalue weighted by Gasteiger charge is 2.30. The van der Waals surface area contributed by atoms with E-state index < -0.39 is 17.8 Å². The monoisotopic (exact) mass is 324 g/mol. The van der Waals surface area contributed by atoms with Crippen LogP contribution in [-0.2, 0) is 6.18 Å². The predicted octanol–water partition coefficient (Wildman–Crippen LogP) is 3.80. The van der Waals surface area contributed by atoms with Gasteiger partial charge in [0.2, 0.25) is 0 Å². The summed E-state index contributed by atoms with van der Waals surface area (Å²) in [5.74, 6) is 0.254. The smallest absolute Gasteiger partial charge is 0.388 e. The lowest BCUT2D eigenvalue weighted by atomic mass is 10.1. The lowest BCUT2D eigenvalue weighted by molar-refractivity contribution is -0.137. The Hall–Kier alpha value is -2.04. The minimum Gasteiger partial charge on any atom is -0.388 e. The minimum atomic E-state index is -4.40. The van der Waals surface area contributed by atoms with E-state index in [4.69, 9.17) is 5.26 Å². The molecule has 22 heavy (non-hydrogen) atoms. The van der Waals surface area contributed by atoms with Crippen molar-refractivity contribution in [2.75, 3.05) is 5.75 Å². The third-order valence-electron chi connectivity index (χ3n) is 2.88.